The van der Waals surface area contributed by atoms with Crippen LogP contribution in [0.15, 0.2) is 53.1 Å². The van der Waals surface area contributed by atoms with Crippen molar-refractivity contribution in [1.82, 2.24) is 10.1 Å². The van der Waals surface area contributed by atoms with Gasteiger partial charge in [-0.2, -0.15) is 0 Å². The molecular formula is C22H23N3O4. The zero-order valence-corrected chi connectivity index (χ0v) is 16.4. The van der Waals surface area contributed by atoms with E-state index in [1.54, 1.807) is 29.2 Å². The van der Waals surface area contributed by atoms with Crippen molar-refractivity contribution in [3.05, 3.63) is 59.8 Å². The topological polar surface area (TPSA) is 84.7 Å². The van der Waals surface area contributed by atoms with Gasteiger partial charge in [-0.05, 0) is 38.1 Å². The second-order valence-electron chi connectivity index (χ2n) is 7.36. The van der Waals surface area contributed by atoms with Gasteiger partial charge in [0, 0.05) is 18.5 Å². The van der Waals surface area contributed by atoms with Crippen LogP contribution in [0.4, 0.5) is 5.69 Å². The third kappa shape index (κ3) is 4.14. The number of fused-ring (bicyclic) bond motifs is 1. The van der Waals surface area contributed by atoms with Crippen molar-refractivity contribution >= 4 is 28.5 Å². The van der Waals surface area contributed by atoms with Gasteiger partial charge in [0.2, 0.25) is 5.91 Å². The van der Waals surface area contributed by atoms with Crippen molar-refractivity contribution in [1.29, 1.82) is 0 Å². The van der Waals surface area contributed by atoms with Crippen molar-refractivity contribution in [2.24, 2.45) is 0 Å². The minimum atomic E-state index is -0.256. The van der Waals surface area contributed by atoms with Crippen LogP contribution in [0.25, 0.3) is 11.0 Å². The highest BCUT2D eigenvalue weighted by molar-refractivity contribution is 6.04. The first-order valence-corrected chi connectivity index (χ1v) is 9.68. The van der Waals surface area contributed by atoms with E-state index in [0.717, 1.165) is 5.39 Å². The van der Waals surface area contributed by atoms with Crippen LogP contribution >= 0.6 is 0 Å². The predicted octanol–water partition coefficient (Wildman–Crippen LogP) is 3.26. The minimum Gasteiger partial charge on any atom is -0.372 e. The fourth-order valence-corrected chi connectivity index (χ4v) is 3.70. The number of morpholine rings is 1. The number of aromatic nitrogens is 1. The van der Waals surface area contributed by atoms with E-state index < -0.39 is 0 Å². The molecule has 3 aromatic rings. The molecule has 2 atom stereocenters. The summed E-state index contributed by atoms with van der Waals surface area (Å²) in [7, 11) is 0. The summed E-state index contributed by atoms with van der Waals surface area (Å²) in [5.41, 5.74) is 2.16. The van der Waals surface area contributed by atoms with Gasteiger partial charge in [0.1, 0.15) is 5.69 Å². The fourth-order valence-electron chi connectivity index (χ4n) is 3.70. The van der Waals surface area contributed by atoms with Crippen LogP contribution in [0.2, 0.25) is 0 Å². The van der Waals surface area contributed by atoms with Gasteiger partial charge in [0.05, 0.1) is 29.9 Å². The van der Waals surface area contributed by atoms with E-state index >= 15 is 0 Å². The molecule has 4 rings (SSSR count). The zero-order chi connectivity index (χ0) is 20.4. The van der Waals surface area contributed by atoms with Gasteiger partial charge in [-0.15, -0.1) is 0 Å². The van der Waals surface area contributed by atoms with Crippen LogP contribution in [-0.4, -0.2) is 47.2 Å². The molecule has 1 aliphatic heterocycles. The number of nitrogens with zero attached hydrogens (tertiary/aromatic N) is 2. The fraction of sp³-hybridized carbons (Fsp3) is 0.318. The molecule has 0 spiro atoms. The molecule has 29 heavy (non-hydrogen) atoms. The Morgan fingerprint density at radius 1 is 1.07 bits per heavy atom. The number of ether oxygens (including phenoxy) is 1. The average Bonchev–Trinajstić information content (AvgIpc) is 3.10. The summed E-state index contributed by atoms with van der Waals surface area (Å²) in [5.74, 6) is -0.372. The third-order valence-electron chi connectivity index (χ3n) is 4.92. The Labute approximate surface area is 168 Å². The van der Waals surface area contributed by atoms with E-state index in [0.29, 0.717) is 35.6 Å². The normalized spacial score (nSPS) is 19.3. The summed E-state index contributed by atoms with van der Waals surface area (Å²) >= 11 is 0. The van der Waals surface area contributed by atoms with Gasteiger partial charge in [-0.3, -0.25) is 9.59 Å². The molecule has 2 aromatic carbocycles. The van der Waals surface area contributed by atoms with Crippen LogP contribution in [0.1, 0.15) is 29.9 Å². The number of carbonyl (C=O) groups is 2. The number of hydrogen-bond acceptors (Lipinski definition) is 5. The lowest BCUT2D eigenvalue weighted by molar-refractivity contribution is -0.115. The van der Waals surface area contributed by atoms with E-state index in [1.807, 2.05) is 38.1 Å². The van der Waals surface area contributed by atoms with Crippen LogP contribution in [-0.2, 0) is 16.0 Å². The van der Waals surface area contributed by atoms with E-state index in [4.69, 9.17) is 9.26 Å². The molecule has 2 amide bonds. The van der Waals surface area contributed by atoms with Gasteiger partial charge < -0.3 is 19.5 Å². The second-order valence-corrected chi connectivity index (χ2v) is 7.36. The Bertz CT molecular complexity index is 1040. The van der Waals surface area contributed by atoms with E-state index in [1.165, 1.54) is 0 Å². The molecule has 0 radical (unpaired) electrons. The van der Waals surface area contributed by atoms with E-state index in [9.17, 15) is 9.59 Å². The molecular weight excluding hydrogens is 370 g/mol. The minimum absolute atomic E-state index is 0.0232. The summed E-state index contributed by atoms with van der Waals surface area (Å²) in [4.78, 5) is 27.5. The summed E-state index contributed by atoms with van der Waals surface area (Å²) in [6.07, 6.45) is 0.0142. The highest BCUT2D eigenvalue weighted by Gasteiger charge is 2.28. The first kappa shape index (κ1) is 19.1. The number of benzene rings is 2. The Kier molecular flexibility index (Phi) is 5.31. The average molecular weight is 393 g/mol. The maximum atomic E-state index is 13.1. The smallest absolute Gasteiger partial charge is 0.256 e. The molecule has 0 aliphatic carbocycles. The monoisotopic (exact) mass is 393 g/mol. The second kappa shape index (κ2) is 8.05. The summed E-state index contributed by atoms with van der Waals surface area (Å²) < 4.78 is 11.0. The number of para-hydroxylation sites is 2. The van der Waals surface area contributed by atoms with Gasteiger partial charge in [-0.25, -0.2) is 0 Å². The Morgan fingerprint density at radius 2 is 1.76 bits per heavy atom. The highest BCUT2D eigenvalue weighted by atomic mass is 16.5. The first-order valence-electron chi connectivity index (χ1n) is 9.68. The number of rotatable bonds is 4. The van der Waals surface area contributed by atoms with Gasteiger partial charge in [0.15, 0.2) is 5.58 Å². The summed E-state index contributed by atoms with van der Waals surface area (Å²) in [6.45, 7) is 4.95. The SMILES string of the molecule is C[C@@H]1CN(C(=O)c2ccccc2NC(=O)Cc2noc3ccccc23)C[C@@H](C)O1. The van der Waals surface area contributed by atoms with Crippen molar-refractivity contribution in [2.45, 2.75) is 32.5 Å². The van der Waals surface area contributed by atoms with E-state index in [2.05, 4.69) is 10.5 Å². The lowest BCUT2D eigenvalue weighted by atomic mass is 10.1. The quantitative estimate of drug-likeness (QED) is 0.735. The Morgan fingerprint density at radius 3 is 2.55 bits per heavy atom. The van der Waals surface area contributed by atoms with Crippen molar-refractivity contribution < 1.29 is 18.8 Å². The standard InChI is InChI=1S/C22H23N3O4/c1-14-12-25(13-15(2)28-14)22(27)17-8-3-5-9-18(17)23-21(26)11-19-16-7-4-6-10-20(16)29-24-19/h3-10,14-15H,11-13H2,1-2H3,(H,23,26)/t14-,15-/m1/s1. The maximum Gasteiger partial charge on any atom is 0.256 e. The molecule has 0 saturated carbocycles. The van der Waals surface area contributed by atoms with Gasteiger partial charge in [-0.1, -0.05) is 29.4 Å². The number of anilines is 1. The van der Waals surface area contributed by atoms with Crippen molar-refractivity contribution in [3.8, 4) is 0 Å². The van der Waals surface area contributed by atoms with E-state index in [-0.39, 0.29) is 30.4 Å². The Balaban J connectivity index is 1.51. The molecule has 0 unspecified atom stereocenters. The lowest BCUT2D eigenvalue weighted by Crippen LogP contribution is -2.48. The number of nitrogens with one attached hydrogen (secondary N) is 1. The molecule has 1 aliphatic rings. The maximum absolute atomic E-state index is 13.1. The van der Waals surface area contributed by atoms with Gasteiger partial charge in [0.25, 0.3) is 5.91 Å². The number of carbonyl (C=O) groups excluding carboxylic acids is 2. The van der Waals surface area contributed by atoms with Crippen LogP contribution in [0.5, 0.6) is 0 Å². The van der Waals surface area contributed by atoms with Crippen molar-refractivity contribution in [3.63, 3.8) is 0 Å². The molecule has 1 fully saturated rings. The summed E-state index contributed by atoms with van der Waals surface area (Å²) in [5, 5.41) is 7.66. The molecule has 2 heterocycles. The Hall–Kier alpha value is -3.19. The third-order valence-corrected chi connectivity index (χ3v) is 4.92. The molecule has 1 saturated heterocycles. The van der Waals surface area contributed by atoms with Crippen LogP contribution in [0, 0.1) is 0 Å². The predicted molar refractivity (Wildman–Crippen MR) is 109 cm³/mol. The lowest BCUT2D eigenvalue weighted by Gasteiger charge is -2.35. The summed E-state index contributed by atoms with van der Waals surface area (Å²) in [6, 6.07) is 14.5. The molecule has 1 N–H and O–H groups in total. The number of hydrogen-bond donors (Lipinski definition) is 1. The highest BCUT2D eigenvalue weighted by Crippen LogP contribution is 2.22. The molecule has 7 nitrogen and oxygen atoms in total. The molecule has 150 valence electrons. The molecule has 0 bridgehead atoms. The van der Waals surface area contributed by atoms with Crippen LogP contribution in [0.3, 0.4) is 0 Å². The number of amides is 2. The first-order chi connectivity index (χ1) is 14.0. The largest absolute Gasteiger partial charge is 0.372 e. The molecule has 7 heteroatoms. The van der Waals surface area contributed by atoms with Crippen molar-refractivity contribution in [2.75, 3.05) is 18.4 Å². The van der Waals surface area contributed by atoms with Crippen LogP contribution < -0.4 is 5.32 Å². The van der Waals surface area contributed by atoms with Gasteiger partial charge >= 0.3 is 0 Å². The molecule has 1 aromatic heterocycles. The zero-order valence-electron chi connectivity index (χ0n) is 16.4.